The molecule has 0 aromatic heterocycles. The summed E-state index contributed by atoms with van der Waals surface area (Å²) in [6.45, 7) is 0. The molecule has 0 N–H and O–H groups in total. The van der Waals surface area contributed by atoms with E-state index in [2.05, 4.69) is 0 Å². The van der Waals surface area contributed by atoms with Gasteiger partial charge < -0.3 is 16.4 Å². The molecule has 0 unspecified atom stereocenters. The second kappa shape index (κ2) is 148. The zero-order valence-electron chi connectivity index (χ0n) is 2.62. The van der Waals surface area contributed by atoms with Crippen LogP contribution in [0.4, 0.5) is 0 Å². The summed E-state index contributed by atoms with van der Waals surface area (Å²) in [6, 6.07) is 0. The van der Waals surface area contributed by atoms with Crippen LogP contribution >= 0.6 is 0 Å². The molecule has 6 heavy (non-hydrogen) atoms. The standard InChI is InChI=1S/B.2Cr.3O/q;2*+3;3*-2. The maximum Gasteiger partial charge on any atom is 3.00 e. The molecule has 0 saturated heterocycles. The Labute approximate surface area is 59.9 Å². The molecule has 0 bridgehead atoms. The zero-order chi connectivity index (χ0) is 0. The van der Waals surface area contributed by atoms with E-state index in [1.54, 1.807) is 0 Å². The Morgan fingerprint density at radius 3 is 0.500 bits per heavy atom. The summed E-state index contributed by atoms with van der Waals surface area (Å²) in [4.78, 5) is 0. The molecule has 0 aliphatic heterocycles. The number of hydrogen-bond donors (Lipinski definition) is 0. The van der Waals surface area contributed by atoms with Crippen molar-refractivity contribution in [3.05, 3.63) is 0 Å². The van der Waals surface area contributed by atoms with E-state index in [9.17, 15) is 0 Å². The molecule has 33 valence electrons. The SMILES string of the molecule is [B].[Cr+3].[Cr+3].[O-2].[O-2].[O-2]. The molecule has 0 atom stereocenters. The number of hydrogen-bond acceptors (Lipinski definition) is 0. The molecule has 0 saturated carbocycles. The van der Waals surface area contributed by atoms with Gasteiger partial charge in [-0.15, -0.1) is 0 Å². The summed E-state index contributed by atoms with van der Waals surface area (Å²) in [6.07, 6.45) is 0. The molecule has 3 nitrogen and oxygen atoms in total. The van der Waals surface area contributed by atoms with Crippen molar-refractivity contribution in [3.63, 3.8) is 0 Å². The van der Waals surface area contributed by atoms with Crippen LogP contribution in [0.25, 0.3) is 0 Å². The van der Waals surface area contributed by atoms with Gasteiger partial charge in [0.2, 0.25) is 0 Å². The Morgan fingerprint density at radius 2 is 0.500 bits per heavy atom. The van der Waals surface area contributed by atoms with Crippen LogP contribution in [0, 0.1) is 0 Å². The van der Waals surface area contributed by atoms with Gasteiger partial charge in [-0.2, -0.15) is 0 Å². The van der Waals surface area contributed by atoms with E-state index in [1.165, 1.54) is 0 Å². The van der Waals surface area contributed by atoms with E-state index in [4.69, 9.17) is 0 Å². The Hall–Kier alpha value is 1.01. The molecule has 0 aliphatic carbocycles. The van der Waals surface area contributed by atoms with Crippen molar-refractivity contribution in [2.75, 3.05) is 0 Å². The molecule has 0 rings (SSSR count). The van der Waals surface area contributed by atoms with Gasteiger partial charge in [0.25, 0.3) is 0 Å². The summed E-state index contributed by atoms with van der Waals surface area (Å²) in [5.74, 6) is 0. The van der Waals surface area contributed by atoms with Gasteiger partial charge in [-0.1, -0.05) is 0 Å². The summed E-state index contributed by atoms with van der Waals surface area (Å²) in [5, 5.41) is 0. The van der Waals surface area contributed by atoms with Crippen LogP contribution in [0.5, 0.6) is 0 Å². The van der Waals surface area contributed by atoms with Crippen LogP contribution in [-0.2, 0) is 51.2 Å². The second-order valence-electron chi connectivity index (χ2n) is 0. The second-order valence-corrected chi connectivity index (χ2v) is 0. The molecule has 6 heteroatoms. The minimum Gasteiger partial charge on any atom is -2.00 e. The average molecular weight is 163 g/mol. The van der Waals surface area contributed by atoms with Crippen LogP contribution in [0.15, 0.2) is 0 Å². The van der Waals surface area contributed by atoms with Gasteiger partial charge in [0.1, 0.15) is 0 Å². The van der Waals surface area contributed by atoms with Crippen LogP contribution in [0.2, 0.25) is 0 Å². The average Bonchev–Trinajstić information content (AvgIpc) is 0. The first kappa shape index (κ1) is 248. The molecule has 0 fully saturated rings. The van der Waals surface area contributed by atoms with Crippen molar-refractivity contribution >= 4 is 8.41 Å². The van der Waals surface area contributed by atoms with Gasteiger partial charge in [-0.05, 0) is 0 Å². The normalized spacial score (nSPS) is 0. The van der Waals surface area contributed by atoms with E-state index < -0.39 is 0 Å². The van der Waals surface area contributed by atoms with Gasteiger partial charge in [0.05, 0.1) is 0 Å². The van der Waals surface area contributed by atoms with E-state index in [1.807, 2.05) is 0 Å². The fourth-order valence-corrected chi connectivity index (χ4v) is 0. The van der Waals surface area contributed by atoms with E-state index in [0.717, 1.165) is 0 Å². The molecule has 0 aromatic rings. The molecule has 0 amide bonds. The molecule has 5 radical (unpaired) electrons. The summed E-state index contributed by atoms with van der Waals surface area (Å²) in [7, 11) is 0. The van der Waals surface area contributed by atoms with Gasteiger partial charge in [-0.3, -0.25) is 0 Å². The Morgan fingerprint density at radius 1 is 0.500 bits per heavy atom. The van der Waals surface area contributed by atoms with Crippen molar-refractivity contribution in [1.82, 2.24) is 0 Å². The maximum absolute atomic E-state index is 0. The molecular formula is BCr2O3. The summed E-state index contributed by atoms with van der Waals surface area (Å²) in [5.41, 5.74) is 0. The van der Waals surface area contributed by atoms with Gasteiger partial charge in [0, 0.05) is 8.41 Å². The molecular weight excluding hydrogens is 163 g/mol. The molecule has 0 heterocycles. The van der Waals surface area contributed by atoms with E-state index in [-0.39, 0.29) is 59.6 Å². The first-order valence-corrected chi connectivity index (χ1v) is 0. The van der Waals surface area contributed by atoms with Crippen molar-refractivity contribution in [2.24, 2.45) is 0 Å². The van der Waals surface area contributed by atoms with Gasteiger partial charge in [0.15, 0.2) is 0 Å². The van der Waals surface area contributed by atoms with Crippen molar-refractivity contribution in [3.8, 4) is 0 Å². The maximum atomic E-state index is 0. The third kappa shape index (κ3) is 79.0. The molecule has 0 aliphatic rings. The van der Waals surface area contributed by atoms with Gasteiger partial charge >= 0.3 is 34.7 Å². The van der Waals surface area contributed by atoms with Crippen molar-refractivity contribution in [2.45, 2.75) is 0 Å². The van der Waals surface area contributed by atoms with Crippen LogP contribution < -0.4 is 0 Å². The zero-order valence-corrected chi connectivity index (χ0v) is 5.17. The smallest absolute Gasteiger partial charge is 2.00 e. The number of rotatable bonds is 0. The quantitative estimate of drug-likeness (QED) is 0.421. The van der Waals surface area contributed by atoms with Crippen LogP contribution in [0.3, 0.4) is 0 Å². The minimum absolute atomic E-state index is 0. The minimum atomic E-state index is 0. The Bertz CT molecular complexity index is 8.75. The fourth-order valence-electron chi connectivity index (χ4n) is 0. The summed E-state index contributed by atoms with van der Waals surface area (Å²) >= 11 is 0. The monoisotopic (exact) mass is 163 g/mol. The van der Waals surface area contributed by atoms with Crippen LogP contribution in [0.1, 0.15) is 0 Å². The topological polar surface area (TPSA) is 85.5 Å². The van der Waals surface area contributed by atoms with Crippen LogP contribution in [-0.4, -0.2) is 8.41 Å². The first-order chi connectivity index (χ1) is 0. The van der Waals surface area contributed by atoms with E-state index >= 15 is 0 Å². The molecule has 0 aromatic carbocycles. The third-order valence-corrected chi connectivity index (χ3v) is 0. The first-order valence-electron chi connectivity index (χ1n) is 0. The van der Waals surface area contributed by atoms with Crippen molar-refractivity contribution in [1.29, 1.82) is 0 Å². The largest absolute Gasteiger partial charge is 3.00 e. The molecule has 0 spiro atoms. The predicted octanol–water partition coefficient (Wildman–Crippen LogP) is -0.742. The Balaban J connectivity index is 0. The van der Waals surface area contributed by atoms with E-state index in [0.29, 0.717) is 0 Å². The third-order valence-electron chi connectivity index (χ3n) is 0. The Kier molecular flexibility index (Phi) is 6120. The van der Waals surface area contributed by atoms with Crippen molar-refractivity contribution < 1.29 is 51.2 Å². The predicted molar refractivity (Wildman–Crippen MR) is 7.81 cm³/mol. The van der Waals surface area contributed by atoms with Gasteiger partial charge in [-0.25, -0.2) is 0 Å². The fraction of sp³-hybridized carbons (Fsp3) is 0. The summed E-state index contributed by atoms with van der Waals surface area (Å²) < 4.78 is 0.